The molecule has 0 unspecified atom stereocenters. The second kappa shape index (κ2) is 4.17. The van der Waals surface area contributed by atoms with Crippen LogP contribution >= 0.6 is 11.6 Å². The summed E-state index contributed by atoms with van der Waals surface area (Å²) in [5.41, 5.74) is 3.63. The number of benzene rings is 1. The van der Waals surface area contributed by atoms with E-state index in [-0.39, 0.29) is 10.7 Å². The average molecular weight is 279 g/mol. The van der Waals surface area contributed by atoms with Crippen LogP contribution in [0.5, 0.6) is 0 Å². The zero-order valence-corrected chi connectivity index (χ0v) is 8.66. The lowest BCUT2D eigenvalue weighted by molar-refractivity contribution is -0.226. The normalized spacial score (nSPS) is 12.6. The zero-order chi connectivity index (χ0) is 13.4. The van der Waals surface area contributed by atoms with Gasteiger partial charge in [0.05, 0.1) is 16.4 Å². The number of nitrogens with zero attached hydrogens (tertiary/aromatic N) is 1. The summed E-state index contributed by atoms with van der Waals surface area (Å²) in [7, 11) is 0. The van der Waals surface area contributed by atoms with Gasteiger partial charge in [-0.2, -0.15) is 4.90 Å². The van der Waals surface area contributed by atoms with Crippen molar-refractivity contribution >= 4 is 23.0 Å². The molecule has 0 radical (unpaired) electrons. The predicted molar refractivity (Wildman–Crippen MR) is 50.5 cm³/mol. The summed E-state index contributed by atoms with van der Waals surface area (Å²) in [6, 6.07) is 1.94. The van der Waals surface area contributed by atoms with Crippen molar-refractivity contribution in [2.75, 3.05) is 10.6 Å². The first-order chi connectivity index (χ1) is 7.53. The molecule has 2 N–H and O–H groups in total. The van der Waals surface area contributed by atoms with E-state index in [1.165, 1.54) is 0 Å². The third-order valence-electron chi connectivity index (χ3n) is 1.74. The van der Waals surface area contributed by atoms with Crippen LogP contribution in [0.25, 0.3) is 0 Å². The van der Waals surface area contributed by atoms with E-state index in [0.29, 0.717) is 12.1 Å². The summed E-state index contributed by atoms with van der Waals surface area (Å²) in [5, 5.41) is -0.127. The van der Waals surface area contributed by atoms with Gasteiger partial charge in [0.15, 0.2) is 0 Å². The van der Waals surface area contributed by atoms with Gasteiger partial charge < -0.3 is 5.73 Å². The van der Waals surface area contributed by atoms with E-state index < -0.39 is 23.2 Å². The molecule has 0 aliphatic rings. The molecule has 0 amide bonds. The molecule has 2 nitrogen and oxygen atoms in total. The van der Waals surface area contributed by atoms with E-state index in [9.17, 15) is 26.3 Å². The molecule has 1 aromatic carbocycles. The molecule has 0 bridgehead atoms. The predicted octanol–water partition coefficient (Wildman–Crippen LogP) is 3.77. The summed E-state index contributed by atoms with van der Waals surface area (Å²) in [4.78, 5) is -1.65. The van der Waals surface area contributed by atoms with E-state index >= 15 is 0 Å². The van der Waals surface area contributed by atoms with Crippen LogP contribution in [-0.2, 0) is 0 Å². The Kier molecular flexibility index (Phi) is 3.37. The van der Waals surface area contributed by atoms with E-state index in [2.05, 4.69) is 0 Å². The Labute approximate surface area is 96.6 Å². The highest BCUT2D eigenvalue weighted by molar-refractivity contribution is 6.33. The van der Waals surface area contributed by atoms with Crippen LogP contribution in [0.15, 0.2) is 18.2 Å². The van der Waals surface area contributed by atoms with Gasteiger partial charge in [-0.15, -0.1) is 26.3 Å². The van der Waals surface area contributed by atoms with Crippen LogP contribution in [-0.4, -0.2) is 12.6 Å². The van der Waals surface area contributed by atoms with E-state index in [1.807, 2.05) is 0 Å². The third-order valence-corrected chi connectivity index (χ3v) is 2.09. The highest BCUT2D eigenvalue weighted by Crippen LogP contribution is 2.39. The maximum atomic E-state index is 12.3. The molecule has 0 aliphatic heterocycles. The standard InChI is InChI=1S/C8H5ClF6N2/c9-5-2-1-4(3-6(5)16)17(7(10,11)12)8(13,14)15/h1-3H,16H2. The molecule has 0 spiro atoms. The van der Waals surface area contributed by atoms with E-state index in [4.69, 9.17) is 17.3 Å². The largest absolute Gasteiger partial charge is 0.491 e. The summed E-state index contributed by atoms with van der Waals surface area (Å²) >= 11 is 5.41. The van der Waals surface area contributed by atoms with Crippen LogP contribution in [0, 0.1) is 0 Å². The van der Waals surface area contributed by atoms with Crippen molar-refractivity contribution in [3.63, 3.8) is 0 Å². The van der Waals surface area contributed by atoms with Crippen LogP contribution in [0.3, 0.4) is 0 Å². The summed E-state index contributed by atoms with van der Waals surface area (Å²) in [6.45, 7) is 0. The Morgan fingerprint density at radius 1 is 1.00 bits per heavy atom. The second-order valence-corrected chi connectivity index (χ2v) is 3.38. The molecule has 0 saturated heterocycles. The van der Waals surface area contributed by atoms with Gasteiger partial charge in [-0.1, -0.05) is 11.6 Å². The van der Waals surface area contributed by atoms with Gasteiger partial charge in [-0.25, -0.2) is 0 Å². The maximum Gasteiger partial charge on any atom is 0.491 e. The number of hydrogen-bond donors (Lipinski definition) is 1. The maximum absolute atomic E-state index is 12.3. The molecule has 0 aromatic heterocycles. The Morgan fingerprint density at radius 2 is 1.47 bits per heavy atom. The second-order valence-electron chi connectivity index (χ2n) is 2.98. The van der Waals surface area contributed by atoms with Crippen molar-refractivity contribution < 1.29 is 26.3 Å². The van der Waals surface area contributed by atoms with Crippen molar-refractivity contribution in [2.45, 2.75) is 12.6 Å². The number of hydrogen-bond acceptors (Lipinski definition) is 2. The Bertz CT molecular complexity index is 399. The van der Waals surface area contributed by atoms with E-state index in [0.717, 1.165) is 6.07 Å². The first kappa shape index (κ1) is 13.8. The van der Waals surface area contributed by atoms with Gasteiger partial charge in [0.1, 0.15) is 0 Å². The lowest BCUT2D eigenvalue weighted by Gasteiger charge is -2.28. The van der Waals surface area contributed by atoms with Gasteiger partial charge in [0.25, 0.3) is 0 Å². The first-order valence-corrected chi connectivity index (χ1v) is 4.40. The molecule has 17 heavy (non-hydrogen) atoms. The van der Waals surface area contributed by atoms with Gasteiger partial charge in [0, 0.05) is 0 Å². The molecule has 0 heterocycles. The number of nitrogen functional groups attached to an aromatic ring is 1. The molecule has 9 heteroatoms. The van der Waals surface area contributed by atoms with Crippen LogP contribution in [0.1, 0.15) is 0 Å². The van der Waals surface area contributed by atoms with Crippen LogP contribution < -0.4 is 10.6 Å². The SMILES string of the molecule is Nc1cc(N(C(F)(F)F)C(F)(F)F)ccc1Cl. The lowest BCUT2D eigenvalue weighted by atomic mass is 10.2. The number of alkyl halides is 6. The molecule has 0 fully saturated rings. The quantitative estimate of drug-likeness (QED) is 0.481. The summed E-state index contributed by atoms with van der Waals surface area (Å²) in [5.74, 6) is 0. The van der Waals surface area contributed by atoms with Gasteiger partial charge in [-0.3, -0.25) is 0 Å². The number of nitrogens with two attached hydrogens (primary N) is 1. The molecular formula is C8H5ClF6N2. The van der Waals surface area contributed by atoms with Gasteiger partial charge in [-0.05, 0) is 18.2 Å². The van der Waals surface area contributed by atoms with Gasteiger partial charge >= 0.3 is 12.6 Å². The lowest BCUT2D eigenvalue weighted by Crippen LogP contribution is -2.48. The topological polar surface area (TPSA) is 29.3 Å². The van der Waals surface area contributed by atoms with Crippen molar-refractivity contribution in [1.82, 2.24) is 0 Å². The molecule has 1 aromatic rings. The van der Waals surface area contributed by atoms with Crippen molar-refractivity contribution in [3.8, 4) is 0 Å². The highest BCUT2D eigenvalue weighted by Gasteiger charge is 2.53. The van der Waals surface area contributed by atoms with Crippen molar-refractivity contribution in [2.24, 2.45) is 0 Å². The average Bonchev–Trinajstić information content (AvgIpc) is 2.06. The minimum atomic E-state index is -5.60. The van der Waals surface area contributed by atoms with E-state index in [1.54, 1.807) is 0 Å². The molecule has 0 saturated carbocycles. The Hall–Kier alpha value is -1.31. The van der Waals surface area contributed by atoms with Crippen molar-refractivity contribution in [3.05, 3.63) is 23.2 Å². The third kappa shape index (κ3) is 3.09. The smallest absolute Gasteiger partial charge is 0.397 e. The van der Waals surface area contributed by atoms with Crippen LogP contribution in [0.2, 0.25) is 5.02 Å². The van der Waals surface area contributed by atoms with Crippen molar-refractivity contribution in [1.29, 1.82) is 0 Å². The molecule has 0 atom stereocenters. The summed E-state index contributed by atoms with van der Waals surface area (Å²) < 4.78 is 73.6. The molecule has 96 valence electrons. The number of anilines is 2. The zero-order valence-electron chi connectivity index (χ0n) is 7.90. The van der Waals surface area contributed by atoms with Crippen LogP contribution in [0.4, 0.5) is 37.7 Å². The fourth-order valence-electron chi connectivity index (χ4n) is 1.11. The minimum Gasteiger partial charge on any atom is -0.397 e. The fourth-order valence-corrected chi connectivity index (χ4v) is 1.22. The minimum absolute atomic E-state index is 0.127. The first-order valence-electron chi connectivity index (χ1n) is 4.02. The highest BCUT2D eigenvalue weighted by atomic mass is 35.5. The fraction of sp³-hybridized carbons (Fsp3) is 0.250. The number of rotatable bonds is 1. The summed E-state index contributed by atoms with van der Waals surface area (Å²) in [6.07, 6.45) is -11.2. The number of halogens is 7. The Balaban J connectivity index is 3.29. The molecule has 1 rings (SSSR count). The Morgan fingerprint density at radius 3 is 1.82 bits per heavy atom. The molecular weight excluding hydrogens is 274 g/mol. The monoisotopic (exact) mass is 278 g/mol. The molecule has 0 aliphatic carbocycles. The van der Waals surface area contributed by atoms with Gasteiger partial charge in [0.2, 0.25) is 0 Å².